The number of carbonyl (C=O) groups is 3. The number of rotatable bonds is 7. The topological polar surface area (TPSA) is 84.9 Å². The molecule has 2 amide bonds. The Balaban J connectivity index is 1.86. The molecular weight excluding hydrogens is 372 g/mol. The molecule has 0 aliphatic heterocycles. The minimum absolute atomic E-state index is 0.225. The number of benzene rings is 2. The zero-order chi connectivity index (χ0) is 19.8. The number of carbonyl (C=O) groups excluding carboxylic acids is 3. The average Bonchev–Trinajstić information content (AvgIpc) is 2.66. The van der Waals surface area contributed by atoms with Gasteiger partial charge in [-0.25, -0.2) is 4.79 Å². The van der Waals surface area contributed by atoms with E-state index in [9.17, 15) is 14.4 Å². The number of likely N-dealkylation sites (N-methyl/N-ethyl adjacent to an activating group) is 1. The Morgan fingerprint density at radius 3 is 2.48 bits per heavy atom. The molecule has 2 aromatic carbocycles. The first-order valence-corrected chi connectivity index (χ1v) is 8.38. The molecule has 142 valence electrons. The largest absolute Gasteiger partial charge is 0.495 e. The molecule has 0 heterocycles. The molecular formula is C19H19ClN2O5. The van der Waals surface area contributed by atoms with Crippen LogP contribution in [0.3, 0.4) is 0 Å². The standard InChI is InChI=1S/C19H19ClN2O5/c1-22(18(24)12-27-19(25)13-6-4-3-5-7-13)11-17(23)21-15-10-14(20)8-9-16(15)26-2/h3-10H,11-12H2,1-2H3,(H,21,23). The number of methoxy groups -OCH3 is 1. The number of hydrogen-bond acceptors (Lipinski definition) is 5. The van der Waals surface area contributed by atoms with Gasteiger partial charge in [0.05, 0.1) is 24.9 Å². The van der Waals surface area contributed by atoms with Crippen LogP contribution in [0, 0.1) is 0 Å². The second kappa shape index (κ2) is 9.59. The third-order valence-electron chi connectivity index (χ3n) is 3.58. The van der Waals surface area contributed by atoms with Crippen LogP contribution in [0.1, 0.15) is 10.4 Å². The van der Waals surface area contributed by atoms with E-state index in [1.165, 1.54) is 14.2 Å². The first-order valence-electron chi connectivity index (χ1n) is 8.00. The molecule has 0 radical (unpaired) electrons. The van der Waals surface area contributed by atoms with Gasteiger partial charge in [0.25, 0.3) is 5.91 Å². The highest BCUT2D eigenvalue weighted by atomic mass is 35.5. The Bertz CT molecular complexity index is 826. The van der Waals surface area contributed by atoms with Gasteiger partial charge in [-0.2, -0.15) is 0 Å². The van der Waals surface area contributed by atoms with Crippen molar-refractivity contribution in [1.82, 2.24) is 4.90 Å². The molecule has 0 aliphatic rings. The van der Waals surface area contributed by atoms with Crippen molar-refractivity contribution in [1.29, 1.82) is 0 Å². The average molecular weight is 391 g/mol. The number of nitrogens with one attached hydrogen (secondary N) is 1. The molecule has 0 fully saturated rings. The first kappa shape index (κ1) is 20.3. The van der Waals surface area contributed by atoms with Gasteiger partial charge in [-0.1, -0.05) is 29.8 Å². The van der Waals surface area contributed by atoms with Gasteiger partial charge in [-0.05, 0) is 30.3 Å². The zero-order valence-electron chi connectivity index (χ0n) is 14.9. The molecule has 0 saturated carbocycles. The fourth-order valence-electron chi connectivity index (χ4n) is 2.17. The van der Waals surface area contributed by atoms with E-state index in [1.54, 1.807) is 48.5 Å². The first-order chi connectivity index (χ1) is 12.9. The highest BCUT2D eigenvalue weighted by Crippen LogP contribution is 2.27. The fraction of sp³-hybridized carbons (Fsp3) is 0.211. The lowest BCUT2D eigenvalue weighted by Gasteiger charge is -2.17. The third kappa shape index (κ3) is 6.00. The minimum atomic E-state index is -0.606. The van der Waals surface area contributed by atoms with Gasteiger partial charge in [0.1, 0.15) is 5.75 Å². The molecule has 7 nitrogen and oxygen atoms in total. The lowest BCUT2D eigenvalue weighted by Crippen LogP contribution is -2.37. The van der Waals surface area contributed by atoms with E-state index in [4.69, 9.17) is 21.1 Å². The molecule has 27 heavy (non-hydrogen) atoms. The van der Waals surface area contributed by atoms with Crippen LogP contribution < -0.4 is 10.1 Å². The SMILES string of the molecule is COc1ccc(Cl)cc1NC(=O)CN(C)C(=O)COC(=O)c1ccccc1. The van der Waals surface area contributed by atoms with Crippen LogP contribution in [0.15, 0.2) is 48.5 Å². The molecule has 2 rings (SSSR count). The van der Waals surface area contributed by atoms with Gasteiger partial charge < -0.3 is 19.7 Å². The van der Waals surface area contributed by atoms with Gasteiger partial charge in [0.15, 0.2) is 6.61 Å². The number of esters is 1. The Hall–Kier alpha value is -3.06. The summed E-state index contributed by atoms with van der Waals surface area (Å²) in [6.45, 7) is -0.685. The highest BCUT2D eigenvalue weighted by molar-refractivity contribution is 6.31. The number of amides is 2. The van der Waals surface area contributed by atoms with Crippen LogP contribution in [0.25, 0.3) is 0 Å². The summed E-state index contributed by atoms with van der Waals surface area (Å²) < 4.78 is 10.1. The quantitative estimate of drug-likeness (QED) is 0.734. The molecule has 2 aromatic rings. The van der Waals surface area contributed by atoms with Crippen LogP contribution in [0.4, 0.5) is 5.69 Å². The van der Waals surface area contributed by atoms with E-state index in [0.717, 1.165) is 4.90 Å². The Labute approximate surface area is 161 Å². The van der Waals surface area contributed by atoms with E-state index in [1.807, 2.05) is 0 Å². The summed E-state index contributed by atoms with van der Waals surface area (Å²) in [7, 11) is 2.91. The molecule has 1 N–H and O–H groups in total. The molecule has 0 bridgehead atoms. The van der Waals surface area contributed by atoms with Crippen LogP contribution >= 0.6 is 11.6 Å². The summed E-state index contributed by atoms with van der Waals surface area (Å²) >= 11 is 5.91. The zero-order valence-corrected chi connectivity index (χ0v) is 15.7. The van der Waals surface area contributed by atoms with Crippen molar-refractivity contribution in [3.63, 3.8) is 0 Å². The molecule has 8 heteroatoms. The third-order valence-corrected chi connectivity index (χ3v) is 3.81. The summed E-state index contributed by atoms with van der Waals surface area (Å²) in [5.74, 6) is -1.11. The van der Waals surface area contributed by atoms with Crippen LogP contribution in [-0.2, 0) is 14.3 Å². The smallest absolute Gasteiger partial charge is 0.338 e. The molecule has 0 unspecified atom stereocenters. The minimum Gasteiger partial charge on any atom is -0.495 e. The van der Waals surface area contributed by atoms with Gasteiger partial charge >= 0.3 is 5.97 Å². The number of hydrogen-bond donors (Lipinski definition) is 1. The number of ether oxygens (including phenoxy) is 2. The van der Waals surface area contributed by atoms with E-state index < -0.39 is 24.4 Å². The molecule has 0 aromatic heterocycles. The van der Waals surface area contributed by atoms with Gasteiger partial charge in [0.2, 0.25) is 5.91 Å². The van der Waals surface area contributed by atoms with Gasteiger partial charge in [-0.3, -0.25) is 9.59 Å². The lowest BCUT2D eigenvalue weighted by molar-refractivity contribution is -0.136. The Kier molecular flexibility index (Phi) is 7.19. The summed E-state index contributed by atoms with van der Waals surface area (Å²) in [5, 5.41) is 3.06. The van der Waals surface area contributed by atoms with Crippen molar-refractivity contribution in [3.8, 4) is 5.75 Å². The summed E-state index contributed by atoms with van der Waals surface area (Å²) in [6.07, 6.45) is 0. The second-order valence-corrected chi connectivity index (χ2v) is 6.02. The van der Waals surface area contributed by atoms with Crippen LogP contribution in [-0.4, -0.2) is 50.0 Å². The number of halogens is 1. The summed E-state index contributed by atoms with van der Waals surface area (Å²) in [5.41, 5.74) is 0.741. The van der Waals surface area contributed by atoms with Crippen molar-refractivity contribution in [2.75, 3.05) is 32.6 Å². The molecule has 0 spiro atoms. The molecule has 0 aliphatic carbocycles. The Morgan fingerprint density at radius 1 is 1.11 bits per heavy atom. The normalized spacial score (nSPS) is 10.0. The summed E-state index contributed by atoms with van der Waals surface area (Å²) in [6, 6.07) is 13.1. The maximum Gasteiger partial charge on any atom is 0.338 e. The van der Waals surface area contributed by atoms with Gasteiger partial charge in [-0.15, -0.1) is 0 Å². The predicted octanol–water partition coefficient (Wildman–Crippen LogP) is 2.60. The van der Waals surface area contributed by atoms with Crippen molar-refractivity contribution >= 4 is 35.1 Å². The van der Waals surface area contributed by atoms with Crippen molar-refractivity contribution in [2.24, 2.45) is 0 Å². The number of anilines is 1. The second-order valence-electron chi connectivity index (χ2n) is 5.58. The fourth-order valence-corrected chi connectivity index (χ4v) is 2.34. The molecule has 0 saturated heterocycles. The van der Waals surface area contributed by atoms with E-state index in [0.29, 0.717) is 22.0 Å². The predicted molar refractivity (Wildman–Crippen MR) is 101 cm³/mol. The maximum absolute atomic E-state index is 12.2. The highest BCUT2D eigenvalue weighted by Gasteiger charge is 2.17. The van der Waals surface area contributed by atoms with Crippen molar-refractivity contribution in [3.05, 3.63) is 59.1 Å². The molecule has 0 atom stereocenters. The maximum atomic E-state index is 12.2. The lowest BCUT2D eigenvalue weighted by atomic mass is 10.2. The van der Waals surface area contributed by atoms with E-state index in [2.05, 4.69) is 5.32 Å². The van der Waals surface area contributed by atoms with Crippen molar-refractivity contribution in [2.45, 2.75) is 0 Å². The monoisotopic (exact) mass is 390 g/mol. The Morgan fingerprint density at radius 2 is 1.81 bits per heavy atom. The van der Waals surface area contributed by atoms with Crippen LogP contribution in [0.2, 0.25) is 5.02 Å². The number of nitrogens with zero attached hydrogens (tertiary/aromatic N) is 1. The van der Waals surface area contributed by atoms with Gasteiger partial charge in [0, 0.05) is 12.1 Å². The van der Waals surface area contributed by atoms with Crippen LogP contribution in [0.5, 0.6) is 5.75 Å². The van der Waals surface area contributed by atoms with Crippen molar-refractivity contribution < 1.29 is 23.9 Å². The van der Waals surface area contributed by atoms with E-state index in [-0.39, 0.29) is 6.54 Å². The summed E-state index contributed by atoms with van der Waals surface area (Å²) in [4.78, 5) is 37.2. The van der Waals surface area contributed by atoms with E-state index >= 15 is 0 Å².